The first-order valence-corrected chi connectivity index (χ1v) is 2.62. The molecule has 0 unspecified atom stereocenters. The number of hydrogen-bond acceptors (Lipinski definition) is 2. The molecule has 1 saturated heterocycles. The van der Waals surface area contributed by atoms with E-state index in [2.05, 4.69) is 4.90 Å². The smallest absolute Gasteiger partial charge is 0.0603 e. The van der Waals surface area contributed by atoms with E-state index in [1.165, 1.54) is 6.42 Å². The first-order valence-electron chi connectivity index (χ1n) is 2.62. The van der Waals surface area contributed by atoms with Crippen LogP contribution in [0.1, 0.15) is 6.42 Å². The zero-order valence-corrected chi connectivity index (χ0v) is 4.30. The van der Waals surface area contributed by atoms with Crippen LogP contribution in [0, 0.1) is 6.54 Å². The van der Waals surface area contributed by atoms with Crippen molar-refractivity contribution in [2.24, 2.45) is 0 Å². The molecular weight excluding hydrogens is 90.1 g/mol. The van der Waals surface area contributed by atoms with Crippen LogP contribution in [0.15, 0.2) is 0 Å². The second-order valence-electron chi connectivity index (χ2n) is 1.75. The molecule has 0 spiro atoms. The lowest BCUT2D eigenvalue weighted by Crippen LogP contribution is -2.35. The van der Waals surface area contributed by atoms with E-state index >= 15 is 0 Å². The number of nitrogens with zero attached hydrogens (tertiary/aromatic N) is 1. The molecule has 1 heterocycles. The van der Waals surface area contributed by atoms with Crippen LogP contribution in [0.3, 0.4) is 0 Å². The molecule has 1 rings (SSSR count). The molecule has 1 N–H and O–H groups in total. The summed E-state index contributed by atoms with van der Waals surface area (Å²) in [5, 5.41) is 8.30. The zero-order chi connectivity index (χ0) is 5.11. The van der Waals surface area contributed by atoms with E-state index in [9.17, 15) is 0 Å². The molecule has 2 nitrogen and oxygen atoms in total. The van der Waals surface area contributed by atoms with Gasteiger partial charge in [-0.15, -0.1) is 0 Å². The van der Waals surface area contributed by atoms with Crippen molar-refractivity contribution < 1.29 is 5.11 Å². The monoisotopic (exact) mass is 100 g/mol. The highest BCUT2D eigenvalue weighted by Gasteiger charge is 2.11. The predicted octanol–water partition coefficient (Wildman–Crippen LogP) is -0.154. The lowest BCUT2D eigenvalue weighted by molar-refractivity contribution is 0.185. The molecule has 0 aromatic rings. The zero-order valence-electron chi connectivity index (χ0n) is 4.30. The lowest BCUT2D eigenvalue weighted by Gasteiger charge is -2.28. The van der Waals surface area contributed by atoms with Gasteiger partial charge in [0.05, 0.1) is 13.2 Å². The Morgan fingerprint density at radius 1 is 1.57 bits per heavy atom. The van der Waals surface area contributed by atoms with E-state index in [0.717, 1.165) is 13.1 Å². The molecule has 0 aromatic heterocycles. The summed E-state index contributed by atoms with van der Waals surface area (Å²) in [4.78, 5) is 2.11. The Balaban J connectivity index is 1.93. The minimum absolute atomic E-state index is 0.194. The molecule has 1 aliphatic heterocycles. The maximum Gasteiger partial charge on any atom is 0.0603 e. The molecule has 0 bridgehead atoms. The summed E-state index contributed by atoms with van der Waals surface area (Å²) in [6, 6.07) is 0. The molecule has 0 aliphatic carbocycles. The van der Waals surface area contributed by atoms with Gasteiger partial charge in [0, 0.05) is 0 Å². The Morgan fingerprint density at radius 3 is 2.43 bits per heavy atom. The molecule has 0 saturated carbocycles. The third kappa shape index (κ3) is 1.14. The SMILES string of the molecule is OC[CH]N1CCC1. The molecule has 2 heteroatoms. The van der Waals surface area contributed by atoms with Gasteiger partial charge in [0.1, 0.15) is 0 Å². The molecule has 0 aromatic carbocycles. The van der Waals surface area contributed by atoms with E-state index in [0.29, 0.717) is 0 Å². The fourth-order valence-corrected chi connectivity index (χ4v) is 0.639. The first-order chi connectivity index (χ1) is 3.43. The predicted molar refractivity (Wildman–Crippen MR) is 27.6 cm³/mol. The van der Waals surface area contributed by atoms with Crippen LogP contribution in [0.4, 0.5) is 0 Å². The van der Waals surface area contributed by atoms with Crippen molar-refractivity contribution in [1.29, 1.82) is 0 Å². The molecule has 1 fully saturated rings. The number of rotatable bonds is 2. The van der Waals surface area contributed by atoms with Crippen molar-refractivity contribution in [3.8, 4) is 0 Å². The molecule has 0 atom stereocenters. The van der Waals surface area contributed by atoms with Crippen LogP contribution in [0.25, 0.3) is 0 Å². The van der Waals surface area contributed by atoms with Crippen LogP contribution in [0.5, 0.6) is 0 Å². The van der Waals surface area contributed by atoms with Gasteiger partial charge >= 0.3 is 0 Å². The van der Waals surface area contributed by atoms with Crippen molar-refractivity contribution in [3.63, 3.8) is 0 Å². The van der Waals surface area contributed by atoms with Crippen molar-refractivity contribution in [1.82, 2.24) is 4.90 Å². The fourth-order valence-electron chi connectivity index (χ4n) is 0.639. The molecule has 0 amide bonds. The van der Waals surface area contributed by atoms with Gasteiger partial charge in [-0.1, -0.05) is 0 Å². The minimum atomic E-state index is 0.194. The van der Waals surface area contributed by atoms with Crippen LogP contribution in [-0.4, -0.2) is 29.7 Å². The van der Waals surface area contributed by atoms with Gasteiger partial charge in [0.25, 0.3) is 0 Å². The molecule has 1 aliphatic rings. The Labute approximate surface area is 43.7 Å². The summed E-state index contributed by atoms with van der Waals surface area (Å²) < 4.78 is 0. The van der Waals surface area contributed by atoms with E-state index in [1.54, 1.807) is 0 Å². The highest BCUT2D eigenvalue weighted by atomic mass is 16.3. The molecular formula is C5H10NO. The van der Waals surface area contributed by atoms with Crippen molar-refractivity contribution >= 4 is 0 Å². The van der Waals surface area contributed by atoms with Gasteiger partial charge in [0.2, 0.25) is 0 Å². The minimum Gasteiger partial charge on any atom is -0.395 e. The maximum absolute atomic E-state index is 8.30. The molecule has 7 heavy (non-hydrogen) atoms. The van der Waals surface area contributed by atoms with Crippen molar-refractivity contribution in [2.75, 3.05) is 19.7 Å². The average Bonchev–Trinajstić information content (AvgIpc) is 1.55. The van der Waals surface area contributed by atoms with Crippen LogP contribution >= 0.6 is 0 Å². The molecule has 1 radical (unpaired) electrons. The van der Waals surface area contributed by atoms with Gasteiger partial charge in [-0.2, -0.15) is 0 Å². The Bertz CT molecular complexity index is 52.0. The van der Waals surface area contributed by atoms with Gasteiger partial charge in [-0.25, -0.2) is 0 Å². The van der Waals surface area contributed by atoms with Crippen molar-refractivity contribution in [3.05, 3.63) is 6.54 Å². The largest absolute Gasteiger partial charge is 0.395 e. The number of aliphatic hydroxyl groups is 1. The van der Waals surface area contributed by atoms with Crippen LogP contribution in [0.2, 0.25) is 0 Å². The Morgan fingerprint density at radius 2 is 2.29 bits per heavy atom. The Kier molecular flexibility index (Phi) is 1.65. The standard InChI is InChI=1S/C5H10NO/c7-5-4-6-2-1-3-6/h4,7H,1-3,5H2. The van der Waals surface area contributed by atoms with E-state index in [4.69, 9.17) is 5.11 Å². The second-order valence-corrected chi connectivity index (χ2v) is 1.75. The third-order valence-corrected chi connectivity index (χ3v) is 1.23. The summed E-state index contributed by atoms with van der Waals surface area (Å²) in [5.41, 5.74) is 0. The average molecular weight is 100 g/mol. The summed E-state index contributed by atoms with van der Waals surface area (Å²) in [6.45, 7) is 4.30. The maximum atomic E-state index is 8.30. The Hall–Kier alpha value is -0.0800. The number of hydrogen-bond donors (Lipinski definition) is 1. The normalized spacial score (nSPS) is 21.9. The number of aliphatic hydroxyl groups excluding tert-OH is 1. The summed E-state index contributed by atoms with van der Waals surface area (Å²) in [6.07, 6.45) is 1.29. The van der Waals surface area contributed by atoms with E-state index in [1.807, 2.05) is 6.54 Å². The highest BCUT2D eigenvalue weighted by molar-refractivity contribution is 4.75. The fraction of sp³-hybridized carbons (Fsp3) is 0.800. The lowest BCUT2D eigenvalue weighted by atomic mass is 10.2. The van der Waals surface area contributed by atoms with Gasteiger partial charge in [-0.05, 0) is 19.5 Å². The summed E-state index contributed by atoms with van der Waals surface area (Å²) in [5.74, 6) is 0. The van der Waals surface area contributed by atoms with Gasteiger partial charge in [-0.3, -0.25) is 4.90 Å². The van der Waals surface area contributed by atoms with E-state index < -0.39 is 0 Å². The summed E-state index contributed by atoms with van der Waals surface area (Å²) in [7, 11) is 0. The van der Waals surface area contributed by atoms with Gasteiger partial charge in [0.15, 0.2) is 0 Å². The highest BCUT2D eigenvalue weighted by Crippen LogP contribution is 2.05. The van der Waals surface area contributed by atoms with Crippen LogP contribution < -0.4 is 0 Å². The van der Waals surface area contributed by atoms with Crippen molar-refractivity contribution in [2.45, 2.75) is 6.42 Å². The second kappa shape index (κ2) is 2.28. The quantitative estimate of drug-likeness (QED) is 0.521. The van der Waals surface area contributed by atoms with Gasteiger partial charge < -0.3 is 5.11 Å². The van der Waals surface area contributed by atoms with E-state index in [-0.39, 0.29) is 6.61 Å². The first kappa shape index (κ1) is 5.06. The third-order valence-electron chi connectivity index (χ3n) is 1.23. The topological polar surface area (TPSA) is 23.5 Å². The molecule has 41 valence electrons. The number of likely N-dealkylation sites (tertiary alicyclic amines) is 1. The van der Waals surface area contributed by atoms with Crippen LogP contribution in [-0.2, 0) is 0 Å². The summed E-state index contributed by atoms with van der Waals surface area (Å²) >= 11 is 0.